The fraction of sp³-hybridized carbons (Fsp3) is 0.250. The lowest BCUT2D eigenvalue weighted by atomic mass is 10.3. The van der Waals surface area contributed by atoms with Crippen LogP contribution in [-0.4, -0.2) is 13.4 Å². The number of nitrogens with two attached hydrogens (primary N) is 1. The Labute approximate surface area is 134 Å². The van der Waals surface area contributed by atoms with Crippen molar-refractivity contribution in [3.8, 4) is 0 Å². The van der Waals surface area contributed by atoms with E-state index in [0.717, 1.165) is 10.9 Å². The van der Waals surface area contributed by atoms with E-state index < -0.39 is 26.8 Å². The van der Waals surface area contributed by atoms with E-state index in [1.807, 2.05) is 6.92 Å². The molecule has 0 saturated carbocycles. The maximum absolute atomic E-state index is 14.0. The van der Waals surface area contributed by atoms with Crippen molar-refractivity contribution in [1.29, 1.82) is 0 Å². The summed E-state index contributed by atoms with van der Waals surface area (Å²) in [6.45, 7) is 3.52. The van der Waals surface area contributed by atoms with Gasteiger partial charge in [-0.3, -0.25) is 0 Å². The van der Waals surface area contributed by atoms with Crippen LogP contribution in [0.3, 0.4) is 0 Å². The molecule has 0 fully saturated rings. The van der Waals surface area contributed by atoms with Crippen molar-refractivity contribution in [2.75, 3.05) is 5.73 Å². The van der Waals surface area contributed by atoms with Gasteiger partial charge in [0.15, 0.2) is 5.82 Å². The molecule has 1 atom stereocenters. The summed E-state index contributed by atoms with van der Waals surface area (Å²) in [6.07, 6.45) is 1.66. The van der Waals surface area contributed by atoms with Crippen LogP contribution in [0.1, 0.15) is 22.9 Å². The molecule has 0 aliphatic rings. The van der Waals surface area contributed by atoms with Gasteiger partial charge in [0.25, 0.3) is 0 Å². The number of benzene rings is 1. The number of aromatic nitrogens is 1. The third-order valence-electron chi connectivity index (χ3n) is 2.65. The Balaban J connectivity index is 2.35. The first-order valence-electron chi connectivity index (χ1n) is 5.90. The van der Waals surface area contributed by atoms with Gasteiger partial charge < -0.3 is 5.73 Å². The first-order valence-corrected chi connectivity index (χ1v) is 8.99. The van der Waals surface area contributed by atoms with E-state index in [1.54, 1.807) is 13.1 Å². The molecular weight excluding hydrogens is 381 g/mol. The number of anilines is 1. The zero-order chi connectivity index (χ0) is 15.8. The maximum atomic E-state index is 14.0. The molecule has 1 aromatic heterocycles. The Morgan fingerprint density at radius 2 is 2.14 bits per heavy atom. The minimum Gasteiger partial charge on any atom is -0.399 e. The summed E-state index contributed by atoms with van der Waals surface area (Å²) in [4.78, 5) is 4.59. The Kier molecular flexibility index (Phi) is 4.66. The minimum atomic E-state index is -4.04. The number of hydrogen-bond donors (Lipinski definition) is 2. The fourth-order valence-electron chi connectivity index (χ4n) is 1.70. The maximum Gasteiger partial charge on any atom is 0.244 e. The first-order chi connectivity index (χ1) is 9.70. The van der Waals surface area contributed by atoms with Crippen molar-refractivity contribution >= 4 is 43.0 Å². The van der Waals surface area contributed by atoms with Crippen LogP contribution in [0.25, 0.3) is 0 Å². The van der Waals surface area contributed by atoms with Crippen LogP contribution < -0.4 is 10.5 Å². The number of thiazole rings is 1. The molecule has 1 unspecified atom stereocenters. The van der Waals surface area contributed by atoms with Crippen molar-refractivity contribution in [3.63, 3.8) is 0 Å². The third kappa shape index (κ3) is 3.60. The number of hydrogen-bond acceptors (Lipinski definition) is 5. The van der Waals surface area contributed by atoms with Gasteiger partial charge in [-0.05, 0) is 41.9 Å². The van der Waals surface area contributed by atoms with Crippen molar-refractivity contribution < 1.29 is 12.8 Å². The average molecular weight is 394 g/mol. The zero-order valence-corrected chi connectivity index (χ0v) is 14.4. The topological polar surface area (TPSA) is 85.1 Å². The molecule has 0 aliphatic heterocycles. The van der Waals surface area contributed by atoms with Crippen LogP contribution >= 0.6 is 27.3 Å². The van der Waals surface area contributed by atoms with E-state index in [1.165, 1.54) is 17.4 Å². The average Bonchev–Trinajstić information content (AvgIpc) is 2.80. The molecule has 2 aromatic rings. The predicted octanol–water partition coefficient (Wildman–Crippen LogP) is 2.97. The van der Waals surface area contributed by atoms with E-state index in [4.69, 9.17) is 5.73 Å². The number of sulfonamides is 1. The lowest BCUT2D eigenvalue weighted by Gasteiger charge is -2.13. The molecular formula is C12H13BrFN3O2S2. The molecule has 5 nitrogen and oxygen atoms in total. The number of nitrogens with one attached hydrogen (secondary N) is 1. The fourth-order valence-corrected chi connectivity index (χ4v) is 4.50. The number of rotatable bonds is 4. The largest absolute Gasteiger partial charge is 0.399 e. The number of nitrogens with zero attached hydrogens (tertiary/aromatic N) is 1. The van der Waals surface area contributed by atoms with Gasteiger partial charge in [-0.25, -0.2) is 22.5 Å². The highest BCUT2D eigenvalue weighted by Gasteiger charge is 2.25. The Hall–Kier alpha value is -1.03. The molecule has 114 valence electrons. The summed E-state index contributed by atoms with van der Waals surface area (Å²) in [5.41, 5.74) is 5.73. The van der Waals surface area contributed by atoms with Crippen LogP contribution in [0.15, 0.2) is 27.7 Å². The number of halogens is 2. The molecule has 0 bridgehead atoms. The van der Waals surface area contributed by atoms with Gasteiger partial charge in [0.1, 0.15) is 9.90 Å². The van der Waals surface area contributed by atoms with Crippen molar-refractivity contribution in [2.24, 2.45) is 0 Å². The summed E-state index contributed by atoms with van der Waals surface area (Å²) in [5, 5.41) is 0.611. The second-order valence-corrected chi connectivity index (χ2v) is 8.27. The molecule has 2 rings (SSSR count). The molecule has 21 heavy (non-hydrogen) atoms. The lowest BCUT2D eigenvalue weighted by Crippen LogP contribution is -2.27. The van der Waals surface area contributed by atoms with Crippen LogP contribution in [0.2, 0.25) is 0 Å². The molecule has 0 saturated heterocycles. The third-order valence-corrected chi connectivity index (χ3v) is 5.86. The van der Waals surface area contributed by atoms with Crippen molar-refractivity contribution in [1.82, 2.24) is 9.71 Å². The molecule has 3 N–H and O–H groups in total. The van der Waals surface area contributed by atoms with Crippen LogP contribution in [0, 0.1) is 12.7 Å². The van der Waals surface area contributed by atoms with Gasteiger partial charge in [-0.15, -0.1) is 11.3 Å². The van der Waals surface area contributed by atoms with Crippen molar-refractivity contribution in [2.45, 2.75) is 24.8 Å². The van der Waals surface area contributed by atoms with Crippen LogP contribution in [-0.2, 0) is 10.0 Å². The molecule has 0 amide bonds. The number of nitrogen functional groups attached to an aromatic ring is 1. The van der Waals surface area contributed by atoms with Gasteiger partial charge in [-0.1, -0.05) is 0 Å². The monoisotopic (exact) mass is 393 g/mol. The van der Waals surface area contributed by atoms with E-state index in [0.29, 0.717) is 5.01 Å². The summed E-state index contributed by atoms with van der Waals surface area (Å²) in [7, 11) is -4.04. The molecule has 0 aliphatic carbocycles. The van der Waals surface area contributed by atoms with E-state index >= 15 is 0 Å². The van der Waals surface area contributed by atoms with Gasteiger partial charge in [0.05, 0.1) is 10.5 Å². The first kappa shape index (κ1) is 16.3. The van der Waals surface area contributed by atoms with Crippen molar-refractivity contribution in [3.05, 3.63) is 38.5 Å². The van der Waals surface area contributed by atoms with Gasteiger partial charge >= 0.3 is 0 Å². The normalized spacial score (nSPS) is 13.3. The Morgan fingerprint density at radius 3 is 2.71 bits per heavy atom. The van der Waals surface area contributed by atoms with Gasteiger partial charge in [-0.2, -0.15) is 0 Å². The Morgan fingerprint density at radius 1 is 1.48 bits per heavy atom. The molecule has 9 heteroatoms. The van der Waals surface area contributed by atoms with E-state index in [2.05, 4.69) is 25.6 Å². The summed E-state index contributed by atoms with van der Waals surface area (Å²) in [6, 6.07) is 1.83. The predicted molar refractivity (Wildman–Crippen MR) is 84.1 cm³/mol. The van der Waals surface area contributed by atoms with E-state index in [-0.39, 0.29) is 10.2 Å². The highest BCUT2D eigenvalue weighted by atomic mass is 79.9. The van der Waals surface area contributed by atoms with Gasteiger partial charge in [0.2, 0.25) is 10.0 Å². The van der Waals surface area contributed by atoms with Crippen LogP contribution in [0.5, 0.6) is 0 Å². The lowest BCUT2D eigenvalue weighted by molar-refractivity contribution is 0.544. The summed E-state index contributed by atoms with van der Waals surface area (Å²) < 4.78 is 41.0. The van der Waals surface area contributed by atoms with E-state index in [9.17, 15) is 12.8 Å². The smallest absolute Gasteiger partial charge is 0.244 e. The minimum absolute atomic E-state index is 0.000575. The standard InChI is InChI=1S/C12H13BrFN3O2S2/c1-6-5-16-12(20-6)7(2)17-21(18,19)10-4-8(15)3-9(13)11(10)14/h3-5,7,17H,15H2,1-2H3. The highest BCUT2D eigenvalue weighted by Crippen LogP contribution is 2.28. The SMILES string of the molecule is Cc1cnc(C(C)NS(=O)(=O)c2cc(N)cc(Br)c2F)s1. The zero-order valence-electron chi connectivity index (χ0n) is 11.2. The Bertz CT molecular complexity index is 777. The molecule has 0 radical (unpaired) electrons. The van der Waals surface area contributed by atoms with Gasteiger partial charge in [0, 0.05) is 16.8 Å². The molecule has 0 spiro atoms. The number of aryl methyl sites for hydroxylation is 1. The summed E-state index contributed by atoms with van der Waals surface area (Å²) in [5.74, 6) is -0.876. The second-order valence-electron chi connectivity index (χ2n) is 4.47. The second kappa shape index (κ2) is 5.99. The molecule has 1 heterocycles. The van der Waals surface area contributed by atoms with Crippen LogP contribution in [0.4, 0.5) is 10.1 Å². The summed E-state index contributed by atoms with van der Waals surface area (Å²) >= 11 is 4.32. The quantitative estimate of drug-likeness (QED) is 0.781. The molecule has 1 aromatic carbocycles. The highest BCUT2D eigenvalue weighted by molar-refractivity contribution is 9.10.